The molecule has 2 heterocycles. The van der Waals surface area contributed by atoms with Crippen LogP contribution in [-0.2, 0) is 10.0 Å². The fourth-order valence-electron chi connectivity index (χ4n) is 4.04. The molecule has 0 aliphatic carbocycles. The van der Waals surface area contributed by atoms with Gasteiger partial charge in [-0.05, 0) is 61.7 Å². The lowest BCUT2D eigenvalue weighted by atomic mass is 10.1. The summed E-state index contributed by atoms with van der Waals surface area (Å²) in [6, 6.07) is 10.2. The molecule has 35 heavy (non-hydrogen) atoms. The molecule has 0 saturated carbocycles. The van der Waals surface area contributed by atoms with Crippen LogP contribution in [0.4, 0.5) is 5.69 Å². The topological polar surface area (TPSA) is 125 Å². The molecule has 0 atom stereocenters. The van der Waals surface area contributed by atoms with E-state index in [2.05, 4.69) is 15.0 Å². The standard InChI is InChI=1S/C25H28N4O5S/c1-2-3-15-29-24(31)20-13-8-17(16-21(20)25(29)32)23(30)27-18-9-11-19(12-10-18)35(33,34)28-22-7-5-4-6-14-26-22/h8-13,16H,2-7,14-15H2,1H3,(H,26,28)(H,27,30). The van der Waals surface area contributed by atoms with Crippen molar-refractivity contribution in [1.29, 1.82) is 0 Å². The molecule has 3 amide bonds. The number of fused-ring (bicyclic) bond motifs is 1. The summed E-state index contributed by atoms with van der Waals surface area (Å²) in [7, 11) is -3.77. The van der Waals surface area contributed by atoms with Crippen molar-refractivity contribution in [2.75, 3.05) is 18.4 Å². The second-order valence-corrected chi connectivity index (χ2v) is 10.3. The summed E-state index contributed by atoms with van der Waals surface area (Å²) in [6.45, 7) is 2.94. The third kappa shape index (κ3) is 5.43. The van der Waals surface area contributed by atoms with Crippen molar-refractivity contribution in [2.24, 2.45) is 4.99 Å². The maximum Gasteiger partial charge on any atom is 0.262 e. The van der Waals surface area contributed by atoms with Gasteiger partial charge in [-0.2, -0.15) is 0 Å². The van der Waals surface area contributed by atoms with E-state index in [1.54, 1.807) is 0 Å². The molecule has 0 fully saturated rings. The van der Waals surface area contributed by atoms with Crippen molar-refractivity contribution < 1.29 is 22.8 Å². The minimum atomic E-state index is -3.77. The SMILES string of the molecule is CCCCN1C(=O)c2ccc(C(=O)Nc3ccc(S(=O)(=O)NC4=NCCCCC4)cc3)cc2C1=O. The molecule has 0 radical (unpaired) electrons. The Kier molecular flexibility index (Phi) is 7.30. The highest BCUT2D eigenvalue weighted by molar-refractivity contribution is 7.90. The first-order valence-corrected chi connectivity index (χ1v) is 13.3. The van der Waals surface area contributed by atoms with E-state index >= 15 is 0 Å². The average molecular weight is 497 g/mol. The van der Waals surface area contributed by atoms with Gasteiger partial charge in [0.1, 0.15) is 5.84 Å². The van der Waals surface area contributed by atoms with Crippen molar-refractivity contribution in [3.63, 3.8) is 0 Å². The highest BCUT2D eigenvalue weighted by Gasteiger charge is 2.35. The van der Waals surface area contributed by atoms with Crippen molar-refractivity contribution in [3.05, 3.63) is 59.2 Å². The maximum atomic E-state index is 12.8. The summed E-state index contributed by atoms with van der Waals surface area (Å²) in [5, 5.41) is 2.70. The Bertz CT molecular complexity index is 1290. The second-order valence-electron chi connectivity index (χ2n) is 8.60. The lowest BCUT2D eigenvalue weighted by Crippen LogP contribution is -2.30. The van der Waals surface area contributed by atoms with Crippen LogP contribution in [0.3, 0.4) is 0 Å². The Morgan fingerprint density at radius 2 is 1.74 bits per heavy atom. The monoisotopic (exact) mass is 496 g/mol. The number of sulfonamides is 1. The number of hydrogen-bond acceptors (Lipinski definition) is 6. The van der Waals surface area contributed by atoms with Crippen LogP contribution in [0.25, 0.3) is 0 Å². The number of amidine groups is 1. The Hall–Kier alpha value is -3.53. The summed E-state index contributed by atoms with van der Waals surface area (Å²) in [4.78, 5) is 43.5. The number of hydrogen-bond donors (Lipinski definition) is 2. The highest BCUT2D eigenvalue weighted by Crippen LogP contribution is 2.25. The van der Waals surface area contributed by atoms with E-state index in [-0.39, 0.29) is 21.9 Å². The zero-order valence-electron chi connectivity index (χ0n) is 19.5. The predicted molar refractivity (Wildman–Crippen MR) is 132 cm³/mol. The van der Waals surface area contributed by atoms with Gasteiger partial charge in [-0.25, -0.2) is 8.42 Å². The Morgan fingerprint density at radius 3 is 2.49 bits per heavy atom. The van der Waals surface area contributed by atoms with Crippen molar-refractivity contribution in [3.8, 4) is 0 Å². The van der Waals surface area contributed by atoms with E-state index in [1.165, 1.54) is 47.4 Å². The molecule has 0 bridgehead atoms. The van der Waals surface area contributed by atoms with Gasteiger partial charge in [-0.15, -0.1) is 0 Å². The number of amides is 3. The van der Waals surface area contributed by atoms with E-state index < -0.39 is 21.8 Å². The Morgan fingerprint density at radius 1 is 1.00 bits per heavy atom. The zero-order chi connectivity index (χ0) is 25.0. The quantitative estimate of drug-likeness (QED) is 0.567. The molecule has 2 aliphatic heterocycles. The van der Waals surface area contributed by atoms with Gasteiger partial charge in [0, 0.05) is 30.8 Å². The van der Waals surface area contributed by atoms with Crippen LogP contribution in [0.5, 0.6) is 0 Å². The third-order valence-corrected chi connectivity index (χ3v) is 7.41. The highest BCUT2D eigenvalue weighted by atomic mass is 32.2. The number of nitrogens with one attached hydrogen (secondary N) is 2. The molecule has 0 spiro atoms. The molecule has 2 aromatic carbocycles. The maximum absolute atomic E-state index is 12.8. The van der Waals surface area contributed by atoms with Crippen LogP contribution in [0.2, 0.25) is 0 Å². The molecule has 2 N–H and O–H groups in total. The average Bonchev–Trinajstić information content (AvgIpc) is 3.00. The molecular weight excluding hydrogens is 468 g/mol. The summed E-state index contributed by atoms with van der Waals surface area (Å²) in [5.41, 5.74) is 1.14. The largest absolute Gasteiger partial charge is 0.322 e. The molecule has 184 valence electrons. The predicted octanol–water partition coefficient (Wildman–Crippen LogP) is 3.59. The van der Waals surface area contributed by atoms with Gasteiger partial charge in [-0.1, -0.05) is 19.8 Å². The van der Waals surface area contributed by atoms with Gasteiger partial charge in [0.25, 0.3) is 27.7 Å². The summed E-state index contributed by atoms with van der Waals surface area (Å²) >= 11 is 0. The van der Waals surface area contributed by atoms with Crippen LogP contribution in [-0.4, -0.2) is 50.0 Å². The first-order valence-electron chi connectivity index (χ1n) is 11.8. The Labute approximate surface area is 204 Å². The van der Waals surface area contributed by atoms with Crippen molar-refractivity contribution >= 4 is 39.3 Å². The molecule has 2 aromatic rings. The van der Waals surface area contributed by atoms with Crippen LogP contribution in [0.15, 0.2) is 52.4 Å². The fraction of sp³-hybridized carbons (Fsp3) is 0.360. The first-order chi connectivity index (χ1) is 16.8. The molecule has 10 heteroatoms. The van der Waals surface area contributed by atoms with Gasteiger partial charge >= 0.3 is 0 Å². The van der Waals surface area contributed by atoms with Crippen LogP contribution in [0.1, 0.15) is 76.5 Å². The van der Waals surface area contributed by atoms with Crippen LogP contribution < -0.4 is 10.0 Å². The number of imide groups is 1. The molecular formula is C25H28N4O5S. The summed E-state index contributed by atoms with van der Waals surface area (Å²) < 4.78 is 27.9. The molecule has 0 unspecified atom stereocenters. The van der Waals surface area contributed by atoms with Crippen molar-refractivity contribution in [1.82, 2.24) is 9.62 Å². The molecule has 0 saturated heterocycles. The fourth-order valence-corrected chi connectivity index (χ4v) is 5.13. The number of carbonyl (C=O) groups is 3. The lowest BCUT2D eigenvalue weighted by Gasteiger charge is -2.12. The van der Waals surface area contributed by atoms with E-state index in [0.717, 1.165) is 25.7 Å². The first kappa shape index (κ1) is 24.6. The number of unbranched alkanes of at least 4 members (excludes halogenated alkanes) is 1. The summed E-state index contributed by atoms with van der Waals surface area (Å²) in [5.74, 6) is -0.738. The molecule has 4 rings (SSSR count). The van der Waals surface area contributed by atoms with Crippen LogP contribution in [0, 0.1) is 0 Å². The van der Waals surface area contributed by atoms with Gasteiger partial charge in [0.15, 0.2) is 0 Å². The van der Waals surface area contributed by atoms with Crippen LogP contribution >= 0.6 is 0 Å². The van der Waals surface area contributed by atoms with E-state index in [4.69, 9.17) is 0 Å². The smallest absolute Gasteiger partial charge is 0.262 e. The number of benzene rings is 2. The summed E-state index contributed by atoms with van der Waals surface area (Å²) in [6.07, 6.45) is 5.03. The zero-order valence-corrected chi connectivity index (χ0v) is 20.4. The van der Waals surface area contributed by atoms with Gasteiger partial charge in [0.05, 0.1) is 16.0 Å². The van der Waals surface area contributed by atoms with Gasteiger partial charge in [-0.3, -0.25) is 29.0 Å². The van der Waals surface area contributed by atoms with E-state index in [0.29, 0.717) is 43.0 Å². The molecule has 9 nitrogen and oxygen atoms in total. The second kappa shape index (κ2) is 10.4. The normalized spacial score (nSPS) is 15.9. The minimum absolute atomic E-state index is 0.0660. The van der Waals surface area contributed by atoms with Gasteiger partial charge < -0.3 is 5.32 Å². The Balaban J connectivity index is 1.44. The third-order valence-electron chi connectivity index (χ3n) is 6.02. The lowest BCUT2D eigenvalue weighted by molar-refractivity contribution is 0.0652. The van der Waals surface area contributed by atoms with E-state index in [9.17, 15) is 22.8 Å². The number of anilines is 1. The van der Waals surface area contributed by atoms with Crippen molar-refractivity contribution in [2.45, 2.75) is 50.3 Å². The minimum Gasteiger partial charge on any atom is -0.322 e. The molecule has 2 aliphatic rings. The molecule has 0 aromatic heterocycles. The number of rotatable bonds is 7. The number of aliphatic imine (C=N–C) groups is 1. The number of carbonyl (C=O) groups excluding carboxylic acids is 3. The van der Waals surface area contributed by atoms with Gasteiger partial charge in [0.2, 0.25) is 0 Å². The van der Waals surface area contributed by atoms with E-state index in [1.807, 2.05) is 6.92 Å². The number of nitrogens with zero attached hydrogens (tertiary/aromatic N) is 2.